The Hall–Kier alpha value is -6.88. The second-order valence-electron chi connectivity index (χ2n) is 13.8. The number of thiophene rings is 1. The van der Waals surface area contributed by atoms with Crippen molar-refractivity contribution in [2.75, 3.05) is 9.80 Å². The number of anilines is 6. The lowest BCUT2D eigenvalue weighted by atomic mass is 9.97. The van der Waals surface area contributed by atoms with E-state index < -0.39 is 0 Å². The molecule has 0 aliphatic carbocycles. The normalized spacial score (nSPS) is 12.4. The van der Waals surface area contributed by atoms with Gasteiger partial charge in [0.05, 0.1) is 28.3 Å². The lowest BCUT2D eigenvalue weighted by molar-refractivity contribution is 1.12. The van der Waals surface area contributed by atoms with Gasteiger partial charge in [-0.05, 0) is 119 Å². The maximum atomic E-state index is 2.39. The van der Waals surface area contributed by atoms with Gasteiger partial charge in [-0.25, -0.2) is 0 Å². The number of benzene rings is 8. The number of nitrogens with zero attached hydrogens (tertiary/aromatic N) is 3. The lowest BCUT2D eigenvalue weighted by Crippen LogP contribution is -2.23. The zero-order valence-electron chi connectivity index (χ0n) is 29.3. The molecule has 0 saturated heterocycles. The van der Waals surface area contributed by atoms with Crippen LogP contribution in [0.3, 0.4) is 0 Å². The molecule has 54 heavy (non-hydrogen) atoms. The summed E-state index contributed by atoms with van der Waals surface area (Å²) < 4.78 is 4.95. The predicted molar refractivity (Wildman–Crippen MR) is 230 cm³/mol. The first-order valence-electron chi connectivity index (χ1n) is 18.3. The number of rotatable bonds is 5. The van der Waals surface area contributed by atoms with Gasteiger partial charge in [-0.2, -0.15) is 0 Å². The molecule has 1 aliphatic rings. The number of hydrogen-bond donors (Lipinski definition) is 0. The standard InChI is InChI=1S/C50H33N3S/c1-3-12-34(13-4-1)35-14-11-15-36(32-35)37-22-28-48-42(33-37)50-41-30-31-51(43(41)27-29-49(50)54-48)38-23-25-40(26-24-38)53-46-20-9-7-18-44(46)52(39-16-5-2-6-17-39)45-19-8-10-21-47(45)53/h1-33H. The summed E-state index contributed by atoms with van der Waals surface area (Å²) in [6.07, 6.45) is 2.22. The molecule has 0 unspecified atom stereocenters. The minimum atomic E-state index is 1.12. The highest BCUT2D eigenvalue weighted by molar-refractivity contribution is 7.26. The fourth-order valence-electron chi connectivity index (χ4n) is 8.25. The summed E-state index contributed by atoms with van der Waals surface area (Å²) in [6.45, 7) is 0. The highest BCUT2D eigenvalue weighted by Gasteiger charge is 2.30. The molecule has 11 rings (SSSR count). The van der Waals surface area contributed by atoms with Crippen molar-refractivity contribution in [1.29, 1.82) is 0 Å². The average molecular weight is 708 g/mol. The van der Waals surface area contributed by atoms with Crippen molar-refractivity contribution in [2.24, 2.45) is 0 Å². The molecule has 0 radical (unpaired) electrons. The summed E-state index contributed by atoms with van der Waals surface area (Å²) in [5, 5.41) is 3.91. The van der Waals surface area contributed by atoms with Gasteiger partial charge in [-0.15, -0.1) is 11.3 Å². The maximum absolute atomic E-state index is 2.39. The van der Waals surface area contributed by atoms with Crippen molar-refractivity contribution in [2.45, 2.75) is 0 Å². The van der Waals surface area contributed by atoms with Gasteiger partial charge in [0.2, 0.25) is 0 Å². The minimum Gasteiger partial charge on any atom is -0.317 e. The average Bonchev–Trinajstić information content (AvgIpc) is 3.85. The summed E-state index contributed by atoms with van der Waals surface area (Å²) in [5.74, 6) is 0. The van der Waals surface area contributed by atoms with Crippen LogP contribution < -0.4 is 9.80 Å². The number of para-hydroxylation sites is 5. The van der Waals surface area contributed by atoms with Crippen molar-refractivity contribution in [1.82, 2.24) is 4.57 Å². The molecular weight excluding hydrogens is 675 g/mol. The van der Waals surface area contributed by atoms with Crippen molar-refractivity contribution in [3.05, 3.63) is 200 Å². The van der Waals surface area contributed by atoms with Gasteiger partial charge in [0.25, 0.3) is 0 Å². The van der Waals surface area contributed by atoms with Crippen molar-refractivity contribution in [3.8, 4) is 27.9 Å². The first-order chi connectivity index (χ1) is 26.8. The van der Waals surface area contributed by atoms with Gasteiger partial charge in [0, 0.05) is 48.8 Å². The van der Waals surface area contributed by atoms with Gasteiger partial charge < -0.3 is 14.4 Å². The van der Waals surface area contributed by atoms with E-state index in [-0.39, 0.29) is 0 Å². The molecule has 0 atom stereocenters. The molecule has 10 aromatic rings. The Morgan fingerprint density at radius 1 is 0.333 bits per heavy atom. The number of hydrogen-bond acceptors (Lipinski definition) is 3. The Morgan fingerprint density at radius 2 is 0.852 bits per heavy atom. The van der Waals surface area contributed by atoms with E-state index in [4.69, 9.17) is 0 Å². The smallest absolute Gasteiger partial charge is 0.0703 e. The third-order valence-electron chi connectivity index (χ3n) is 10.7. The van der Waals surface area contributed by atoms with Crippen LogP contribution in [-0.2, 0) is 0 Å². The van der Waals surface area contributed by atoms with Crippen molar-refractivity contribution >= 4 is 76.5 Å². The van der Waals surface area contributed by atoms with Crippen LogP contribution in [0.2, 0.25) is 0 Å². The van der Waals surface area contributed by atoms with Crippen molar-refractivity contribution in [3.63, 3.8) is 0 Å². The van der Waals surface area contributed by atoms with Gasteiger partial charge in [0.1, 0.15) is 0 Å². The lowest BCUT2D eigenvalue weighted by Gasteiger charge is -2.40. The van der Waals surface area contributed by atoms with Gasteiger partial charge in [-0.3, -0.25) is 0 Å². The van der Waals surface area contributed by atoms with Gasteiger partial charge in [-0.1, -0.05) is 97.1 Å². The van der Waals surface area contributed by atoms with Crippen LogP contribution in [0.5, 0.6) is 0 Å². The van der Waals surface area contributed by atoms with Crippen molar-refractivity contribution < 1.29 is 0 Å². The molecule has 0 saturated carbocycles. The number of fused-ring (bicyclic) bond motifs is 7. The third kappa shape index (κ3) is 4.88. The van der Waals surface area contributed by atoms with Crippen LogP contribution in [0.25, 0.3) is 59.0 Å². The summed E-state index contributed by atoms with van der Waals surface area (Å²) in [4.78, 5) is 4.75. The third-order valence-corrected chi connectivity index (χ3v) is 11.9. The van der Waals surface area contributed by atoms with E-state index in [0.717, 1.165) is 39.8 Å². The Bertz CT molecular complexity index is 2950. The molecule has 3 nitrogen and oxygen atoms in total. The van der Waals surface area contributed by atoms with Crippen LogP contribution in [0, 0.1) is 0 Å². The van der Waals surface area contributed by atoms with E-state index in [2.05, 4.69) is 215 Å². The monoisotopic (exact) mass is 707 g/mol. The van der Waals surface area contributed by atoms with Crippen LogP contribution >= 0.6 is 11.3 Å². The fraction of sp³-hybridized carbons (Fsp3) is 0. The van der Waals surface area contributed by atoms with E-state index in [1.807, 2.05) is 11.3 Å². The van der Waals surface area contributed by atoms with Gasteiger partial charge in [0.15, 0.2) is 0 Å². The molecule has 3 heterocycles. The summed E-state index contributed by atoms with van der Waals surface area (Å²) in [6, 6.07) is 70.3. The first-order valence-corrected chi connectivity index (χ1v) is 19.2. The first kappa shape index (κ1) is 30.7. The molecule has 0 amide bonds. The molecule has 2 aromatic heterocycles. The van der Waals surface area contributed by atoms with Gasteiger partial charge >= 0.3 is 0 Å². The van der Waals surface area contributed by atoms with Crippen LogP contribution in [0.1, 0.15) is 0 Å². The molecule has 1 aliphatic heterocycles. The molecule has 4 heteroatoms. The van der Waals surface area contributed by atoms with E-state index in [0.29, 0.717) is 0 Å². The second-order valence-corrected chi connectivity index (χ2v) is 14.9. The number of aromatic nitrogens is 1. The van der Waals surface area contributed by atoms with E-state index in [1.165, 1.54) is 53.3 Å². The fourth-order valence-corrected chi connectivity index (χ4v) is 9.35. The highest BCUT2D eigenvalue weighted by Crippen LogP contribution is 2.54. The molecule has 0 spiro atoms. The largest absolute Gasteiger partial charge is 0.317 e. The Morgan fingerprint density at radius 3 is 1.52 bits per heavy atom. The summed E-state index contributed by atoms with van der Waals surface area (Å²) in [7, 11) is 0. The topological polar surface area (TPSA) is 11.4 Å². The molecular formula is C50H33N3S. The maximum Gasteiger partial charge on any atom is 0.0703 e. The zero-order chi connectivity index (χ0) is 35.6. The summed E-state index contributed by atoms with van der Waals surface area (Å²) >= 11 is 1.87. The Kier molecular flexibility index (Phi) is 7.04. The quantitative estimate of drug-likeness (QED) is 0.176. The highest BCUT2D eigenvalue weighted by atomic mass is 32.1. The van der Waals surface area contributed by atoms with E-state index in [1.54, 1.807) is 0 Å². The van der Waals surface area contributed by atoms with Crippen LogP contribution in [0.4, 0.5) is 34.1 Å². The summed E-state index contributed by atoms with van der Waals surface area (Å²) in [5.41, 5.74) is 14.2. The molecule has 0 N–H and O–H groups in total. The predicted octanol–water partition coefficient (Wildman–Crippen LogP) is 14.6. The molecule has 0 bridgehead atoms. The second kappa shape index (κ2) is 12.4. The molecule has 254 valence electrons. The van der Waals surface area contributed by atoms with Crippen LogP contribution in [-0.4, -0.2) is 4.57 Å². The molecule has 8 aromatic carbocycles. The van der Waals surface area contributed by atoms with E-state index in [9.17, 15) is 0 Å². The van der Waals surface area contributed by atoms with Crippen LogP contribution in [0.15, 0.2) is 200 Å². The molecule has 0 fully saturated rings. The minimum absolute atomic E-state index is 1.12. The Labute approximate surface area is 317 Å². The Balaban J connectivity index is 0.981. The van der Waals surface area contributed by atoms with E-state index >= 15 is 0 Å². The SMILES string of the molecule is c1ccc(-c2cccc(-c3ccc4sc5ccc6c(ccn6-c6ccc(N7c8ccccc8N(c8ccccc8)c8ccccc87)cc6)c5c4c3)c2)cc1. The zero-order valence-corrected chi connectivity index (χ0v) is 30.1.